The van der Waals surface area contributed by atoms with Crippen molar-refractivity contribution in [2.45, 2.75) is 45.3 Å². The molecule has 0 aliphatic heterocycles. The number of benzene rings is 2. The third-order valence-corrected chi connectivity index (χ3v) is 3.97. The topological polar surface area (TPSA) is 47.6 Å². The molecule has 0 aliphatic carbocycles. The molecule has 4 heteroatoms. The molecule has 2 aromatic rings. The highest BCUT2D eigenvalue weighted by Crippen LogP contribution is 2.33. The summed E-state index contributed by atoms with van der Waals surface area (Å²) in [5.41, 5.74) is 0.133. The average Bonchev–Trinajstić information content (AvgIpc) is 2.59. The molecule has 0 aliphatic rings. The maximum Gasteiger partial charge on any atom is 0.337 e. The van der Waals surface area contributed by atoms with Gasteiger partial charge in [0.1, 0.15) is 11.4 Å². The van der Waals surface area contributed by atoms with Crippen LogP contribution in [0.1, 0.15) is 39.7 Å². The third-order valence-electron chi connectivity index (χ3n) is 3.97. The molecule has 1 atom stereocenters. The Kier molecular flexibility index (Phi) is 5.73. The first-order valence-electron chi connectivity index (χ1n) is 8.52. The Labute approximate surface area is 150 Å². The summed E-state index contributed by atoms with van der Waals surface area (Å²) >= 11 is 0. The van der Waals surface area contributed by atoms with Crippen LogP contribution >= 0.6 is 0 Å². The zero-order valence-electron chi connectivity index (χ0n) is 15.6. The molecule has 1 N–H and O–H groups in total. The van der Waals surface area contributed by atoms with Crippen LogP contribution in [0.5, 0.6) is 5.75 Å². The zero-order chi connectivity index (χ0) is 18.5. The van der Waals surface area contributed by atoms with Gasteiger partial charge in [-0.3, -0.25) is 0 Å². The second kappa shape index (κ2) is 7.60. The molecule has 25 heavy (non-hydrogen) atoms. The monoisotopic (exact) mass is 341 g/mol. The number of carbonyl (C=O) groups is 1. The lowest BCUT2D eigenvalue weighted by Crippen LogP contribution is -2.46. The Morgan fingerprint density at radius 3 is 2.28 bits per heavy atom. The molecule has 0 aromatic heterocycles. The van der Waals surface area contributed by atoms with Gasteiger partial charge in [-0.25, -0.2) is 4.79 Å². The van der Waals surface area contributed by atoms with Gasteiger partial charge in [-0.05, 0) is 44.9 Å². The van der Waals surface area contributed by atoms with Gasteiger partial charge in [0.15, 0.2) is 5.54 Å². The smallest absolute Gasteiger partial charge is 0.337 e. The minimum Gasteiger partial charge on any atom is -0.497 e. The number of carbonyl (C=O) groups excluding carboxylic acids is 1. The summed E-state index contributed by atoms with van der Waals surface area (Å²) in [5.74, 6) is 0.434. The molecule has 0 spiro atoms. The van der Waals surface area contributed by atoms with E-state index in [1.54, 1.807) is 7.11 Å². The molecular weight excluding hydrogens is 314 g/mol. The molecule has 0 saturated heterocycles. The summed E-state index contributed by atoms with van der Waals surface area (Å²) in [6, 6.07) is 17.2. The second-order valence-electron chi connectivity index (χ2n) is 6.98. The first-order valence-corrected chi connectivity index (χ1v) is 8.52. The van der Waals surface area contributed by atoms with Crippen LogP contribution in [0, 0.1) is 0 Å². The van der Waals surface area contributed by atoms with E-state index < -0.39 is 11.1 Å². The fraction of sp³-hybridized carbons (Fsp3) is 0.381. The maximum absolute atomic E-state index is 13.2. The quantitative estimate of drug-likeness (QED) is 0.770. The SMILES string of the molecule is CCC(Nc1cccc(OC)c1)(C(=O)OC(C)(C)C)c1ccccc1. The third kappa shape index (κ3) is 4.53. The Balaban J connectivity index is 2.48. The van der Waals surface area contributed by atoms with Gasteiger partial charge in [0.2, 0.25) is 0 Å². The molecule has 0 amide bonds. The Morgan fingerprint density at radius 2 is 1.72 bits per heavy atom. The van der Waals surface area contributed by atoms with E-state index in [4.69, 9.17) is 9.47 Å². The molecule has 0 fully saturated rings. The fourth-order valence-corrected chi connectivity index (χ4v) is 2.71. The van der Waals surface area contributed by atoms with E-state index in [1.807, 2.05) is 82.3 Å². The number of hydrogen-bond donors (Lipinski definition) is 1. The van der Waals surface area contributed by atoms with Gasteiger partial charge >= 0.3 is 5.97 Å². The molecule has 1 unspecified atom stereocenters. The molecule has 0 bridgehead atoms. The van der Waals surface area contributed by atoms with Crippen molar-refractivity contribution in [2.75, 3.05) is 12.4 Å². The van der Waals surface area contributed by atoms with Crippen molar-refractivity contribution < 1.29 is 14.3 Å². The fourth-order valence-electron chi connectivity index (χ4n) is 2.71. The molecule has 2 aromatic carbocycles. The Hall–Kier alpha value is -2.49. The van der Waals surface area contributed by atoms with E-state index in [1.165, 1.54) is 0 Å². The van der Waals surface area contributed by atoms with Gasteiger partial charge in [0.05, 0.1) is 7.11 Å². The van der Waals surface area contributed by atoms with Gasteiger partial charge in [0.25, 0.3) is 0 Å². The molecule has 0 heterocycles. The van der Waals surface area contributed by atoms with Crippen LogP contribution in [0.25, 0.3) is 0 Å². The second-order valence-corrected chi connectivity index (χ2v) is 6.98. The lowest BCUT2D eigenvalue weighted by atomic mass is 9.86. The molecular formula is C21H27NO3. The number of rotatable bonds is 6. The van der Waals surface area contributed by atoms with E-state index in [0.717, 1.165) is 17.0 Å². The predicted molar refractivity (Wildman–Crippen MR) is 101 cm³/mol. The zero-order valence-corrected chi connectivity index (χ0v) is 15.6. The Morgan fingerprint density at radius 1 is 1.04 bits per heavy atom. The average molecular weight is 341 g/mol. The van der Waals surface area contributed by atoms with Crippen molar-refractivity contribution in [2.24, 2.45) is 0 Å². The lowest BCUT2D eigenvalue weighted by Gasteiger charge is -2.35. The first-order chi connectivity index (χ1) is 11.8. The molecule has 0 radical (unpaired) electrons. The van der Waals surface area contributed by atoms with Gasteiger partial charge in [-0.15, -0.1) is 0 Å². The molecule has 2 rings (SSSR count). The van der Waals surface area contributed by atoms with Crippen LogP contribution in [0.3, 0.4) is 0 Å². The normalized spacial score (nSPS) is 13.6. The maximum atomic E-state index is 13.2. The molecule has 4 nitrogen and oxygen atoms in total. The highest BCUT2D eigenvalue weighted by Gasteiger charge is 2.42. The van der Waals surface area contributed by atoms with Crippen LogP contribution in [-0.4, -0.2) is 18.7 Å². The summed E-state index contributed by atoms with van der Waals surface area (Å²) in [4.78, 5) is 13.2. The highest BCUT2D eigenvalue weighted by atomic mass is 16.6. The number of ether oxygens (including phenoxy) is 2. The Bertz CT molecular complexity index is 707. The largest absolute Gasteiger partial charge is 0.497 e. The number of hydrogen-bond acceptors (Lipinski definition) is 4. The standard InChI is InChI=1S/C21H27NO3/c1-6-21(16-11-8-7-9-12-16,19(23)25-20(2,3)4)22-17-13-10-14-18(15-17)24-5/h7-15,22H,6H2,1-5H3. The molecule has 134 valence electrons. The number of esters is 1. The van der Waals surface area contributed by atoms with Crippen LogP contribution in [0.2, 0.25) is 0 Å². The number of methoxy groups -OCH3 is 1. The summed E-state index contributed by atoms with van der Waals surface area (Å²) in [6.07, 6.45) is 0.545. The van der Waals surface area contributed by atoms with E-state index >= 15 is 0 Å². The predicted octanol–water partition coefficient (Wildman–Crippen LogP) is 4.75. The van der Waals surface area contributed by atoms with Gasteiger partial charge in [-0.2, -0.15) is 0 Å². The van der Waals surface area contributed by atoms with E-state index in [2.05, 4.69) is 5.32 Å². The van der Waals surface area contributed by atoms with Crippen LogP contribution < -0.4 is 10.1 Å². The van der Waals surface area contributed by atoms with Gasteiger partial charge in [0, 0.05) is 11.8 Å². The summed E-state index contributed by atoms with van der Waals surface area (Å²) in [7, 11) is 1.62. The van der Waals surface area contributed by atoms with E-state index in [9.17, 15) is 4.79 Å². The van der Waals surface area contributed by atoms with E-state index in [0.29, 0.717) is 6.42 Å². The number of anilines is 1. The first kappa shape index (κ1) is 18.8. The summed E-state index contributed by atoms with van der Waals surface area (Å²) in [6.45, 7) is 7.61. The van der Waals surface area contributed by atoms with Crippen molar-refractivity contribution in [3.05, 3.63) is 60.2 Å². The van der Waals surface area contributed by atoms with Crippen LogP contribution in [-0.2, 0) is 15.1 Å². The minimum atomic E-state index is -0.971. The molecule has 0 saturated carbocycles. The lowest BCUT2D eigenvalue weighted by molar-refractivity contribution is -0.161. The number of nitrogens with one attached hydrogen (secondary N) is 1. The van der Waals surface area contributed by atoms with Crippen LogP contribution in [0.4, 0.5) is 5.69 Å². The van der Waals surface area contributed by atoms with Crippen molar-refractivity contribution in [3.63, 3.8) is 0 Å². The van der Waals surface area contributed by atoms with Crippen molar-refractivity contribution >= 4 is 11.7 Å². The summed E-state index contributed by atoms with van der Waals surface area (Å²) in [5, 5.41) is 3.40. The van der Waals surface area contributed by atoms with E-state index in [-0.39, 0.29) is 5.97 Å². The van der Waals surface area contributed by atoms with Crippen molar-refractivity contribution in [1.29, 1.82) is 0 Å². The van der Waals surface area contributed by atoms with Gasteiger partial charge in [-0.1, -0.05) is 43.3 Å². The minimum absolute atomic E-state index is 0.295. The van der Waals surface area contributed by atoms with Crippen molar-refractivity contribution in [1.82, 2.24) is 0 Å². The van der Waals surface area contributed by atoms with Gasteiger partial charge < -0.3 is 14.8 Å². The van der Waals surface area contributed by atoms with Crippen LogP contribution in [0.15, 0.2) is 54.6 Å². The highest BCUT2D eigenvalue weighted by molar-refractivity contribution is 5.86. The summed E-state index contributed by atoms with van der Waals surface area (Å²) < 4.78 is 11.0. The van der Waals surface area contributed by atoms with Crippen molar-refractivity contribution in [3.8, 4) is 5.75 Å².